The van der Waals surface area contributed by atoms with Gasteiger partial charge in [0, 0.05) is 6.54 Å². The maximum absolute atomic E-state index is 12.5. The van der Waals surface area contributed by atoms with Gasteiger partial charge in [-0.15, -0.1) is 0 Å². The number of benzene rings is 4. The second-order valence-corrected chi connectivity index (χ2v) is 8.67. The number of carbonyl (C=O) groups excluding carboxylic acids is 1. The summed E-state index contributed by atoms with van der Waals surface area (Å²) in [6.07, 6.45) is 1.56. The standard InChI is InChI=1S/C29H23BrN2O3/c1-34-25-12-9-20(10-13-25)18-32-29(33)24(17-31)15-21-11-14-28(27(30)16-21)35-19-23-7-4-6-22-5-2-3-8-26(22)23/h2-16H,18-19H2,1H3,(H,32,33)/b24-15-. The first kappa shape index (κ1) is 24.1. The molecule has 0 aromatic heterocycles. The van der Waals surface area contributed by atoms with Crippen LogP contribution in [-0.4, -0.2) is 13.0 Å². The monoisotopic (exact) mass is 526 g/mol. The highest BCUT2D eigenvalue weighted by atomic mass is 79.9. The number of fused-ring (bicyclic) bond motifs is 1. The Labute approximate surface area is 212 Å². The Hall–Kier alpha value is -4.08. The van der Waals surface area contributed by atoms with Gasteiger partial charge in [-0.2, -0.15) is 5.26 Å². The van der Waals surface area contributed by atoms with Crippen molar-refractivity contribution in [1.82, 2.24) is 5.32 Å². The molecule has 0 radical (unpaired) electrons. The third-order valence-corrected chi connectivity index (χ3v) is 6.13. The summed E-state index contributed by atoms with van der Waals surface area (Å²) in [7, 11) is 1.60. The highest BCUT2D eigenvalue weighted by Crippen LogP contribution is 2.29. The molecule has 0 aliphatic rings. The molecule has 4 rings (SSSR count). The van der Waals surface area contributed by atoms with E-state index >= 15 is 0 Å². The minimum Gasteiger partial charge on any atom is -0.497 e. The SMILES string of the molecule is COc1ccc(CNC(=O)/C(C#N)=C\c2ccc(OCc3cccc4ccccc34)c(Br)c2)cc1. The maximum Gasteiger partial charge on any atom is 0.262 e. The van der Waals surface area contributed by atoms with Crippen LogP contribution < -0.4 is 14.8 Å². The van der Waals surface area contributed by atoms with Crippen LogP contribution in [0.3, 0.4) is 0 Å². The summed E-state index contributed by atoms with van der Waals surface area (Å²) in [6, 6.07) is 29.2. The van der Waals surface area contributed by atoms with Gasteiger partial charge in [-0.05, 0) is 73.7 Å². The zero-order valence-electron chi connectivity index (χ0n) is 19.1. The zero-order chi connectivity index (χ0) is 24.6. The number of nitrogens with zero attached hydrogens (tertiary/aromatic N) is 1. The van der Waals surface area contributed by atoms with E-state index < -0.39 is 5.91 Å². The quantitative estimate of drug-likeness (QED) is 0.212. The number of ether oxygens (including phenoxy) is 2. The molecule has 0 spiro atoms. The second kappa shape index (κ2) is 11.4. The molecule has 1 amide bonds. The van der Waals surface area contributed by atoms with Crippen LogP contribution in [0.4, 0.5) is 0 Å². The zero-order valence-corrected chi connectivity index (χ0v) is 20.7. The van der Waals surface area contributed by atoms with Gasteiger partial charge in [0.2, 0.25) is 0 Å². The van der Waals surface area contributed by atoms with Gasteiger partial charge in [0.1, 0.15) is 29.7 Å². The number of halogens is 1. The van der Waals surface area contributed by atoms with E-state index in [0.29, 0.717) is 24.5 Å². The number of nitriles is 1. The Morgan fingerprint density at radius 3 is 2.54 bits per heavy atom. The number of carbonyl (C=O) groups is 1. The molecule has 6 heteroatoms. The Bertz CT molecular complexity index is 1420. The van der Waals surface area contributed by atoms with Gasteiger partial charge >= 0.3 is 0 Å². The number of rotatable bonds is 8. The number of hydrogen-bond donors (Lipinski definition) is 1. The van der Waals surface area contributed by atoms with Crippen LogP contribution in [0.25, 0.3) is 16.8 Å². The van der Waals surface area contributed by atoms with E-state index in [2.05, 4.69) is 45.5 Å². The van der Waals surface area contributed by atoms with Gasteiger partial charge in [-0.1, -0.05) is 60.7 Å². The lowest BCUT2D eigenvalue weighted by Crippen LogP contribution is -2.23. The summed E-state index contributed by atoms with van der Waals surface area (Å²) < 4.78 is 11.9. The van der Waals surface area contributed by atoms with E-state index in [0.717, 1.165) is 26.7 Å². The molecule has 0 saturated carbocycles. The van der Waals surface area contributed by atoms with E-state index in [9.17, 15) is 10.1 Å². The largest absolute Gasteiger partial charge is 0.497 e. The molecule has 0 atom stereocenters. The molecule has 0 unspecified atom stereocenters. The molecule has 0 heterocycles. The van der Waals surface area contributed by atoms with Crippen LogP contribution in [0.1, 0.15) is 16.7 Å². The van der Waals surface area contributed by atoms with Crippen LogP contribution in [0.2, 0.25) is 0 Å². The van der Waals surface area contributed by atoms with E-state index in [1.54, 1.807) is 13.2 Å². The van der Waals surface area contributed by atoms with Crippen LogP contribution in [-0.2, 0) is 17.9 Å². The predicted molar refractivity (Wildman–Crippen MR) is 141 cm³/mol. The second-order valence-electron chi connectivity index (χ2n) is 7.82. The Balaban J connectivity index is 1.41. The van der Waals surface area contributed by atoms with Crippen LogP contribution in [0.15, 0.2) is 95.0 Å². The first-order valence-corrected chi connectivity index (χ1v) is 11.8. The minimum atomic E-state index is -0.435. The normalized spacial score (nSPS) is 11.1. The number of methoxy groups -OCH3 is 1. The van der Waals surface area contributed by atoms with Crippen molar-refractivity contribution in [2.24, 2.45) is 0 Å². The van der Waals surface area contributed by atoms with Crippen molar-refractivity contribution < 1.29 is 14.3 Å². The lowest BCUT2D eigenvalue weighted by molar-refractivity contribution is -0.117. The average molecular weight is 527 g/mol. The summed E-state index contributed by atoms with van der Waals surface area (Å²) in [4.78, 5) is 12.5. The highest BCUT2D eigenvalue weighted by Gasteiger charge is 2.10. The Morgan fingerprint density at radius 1 is 1.03 bits per heavy atom. The smallest absolute Gasteiger partial charge is 0.262 e. The molecule has 0 aliphatic heterocycles. The lowest BCUT2D eigenvalue weighted by atomic mass is 10.1. The molecule has 0 aliphatic carbocycles. The number of hydrogen-bond acceptors (Lipinski definition) is 4. The highest BCUT2D eigenvalue weighted by molar-refractivity contribution is 9.10. The van der Waals surface area contributed by atoms with Crippen LogP contribution >= 0.6 is 15.9 Å². The van der Waals surface area contributed by atoms with E-state index in [-0.39, 0.29) is 5.57 Å². The van der Waals surface area contributed by atoms with Gasteiger partial charge in [0.25, 0.3) is 5.91 Å². The van der Waals surface area contributed by atoms with Crippen molar-refractivity contribution in [1.29, 1.82) is 5.26 Å². The molecule has 174 valence electrons. The van der Waals surface area contributed by atoms with Crippen LogP contribution in [0.5, 0.6) is 11.5 Å². The van der Waals surface area contributed by atoms with E-state index in [1.807, 2.05) is 66.7 Å². The van der Waals surface area contributed by atoms with Crippen LogP contribution in [0, 0.1) is 11.3 Å². The molecular formula is C29H23BrN2O3. The van der Waals surface area contributed by atoms with E-state index in [4.69, 9.17) is 9.47 Å². The molecule has 4 aromatic rings. The minimum absolute atomic E-state index is 0.0230. The average Bonchev–Trinajstić information content (AvgIpc) is 2.90. The molecule has 35 heavy (non-hydrogen) atoms. The number of nitrogens with one attached hydrogen (secondary N) is 1. The molecule has 1 N–H and O–H groups in total. The topological polar surface area (TPSA) is 71.3 Å². The van der Waals surface area contributed by atoms with Gasteiger partial charge < -0.3 is 14.8 Å². The first-order valence-electron chi connectivity index (χ1n) is 11.0. The molecular weight excluding hydrogens is 504 g/mol. The van der Waals surface area contributed by atoms with Gasteiger partial charge in [-0.3, -0.25) is 4.79 Å². The van der Waals surface area contributed by atoms with Crippen molar-refractivity contribution >= 4 is 38.7 Å². The Kier molecular flexibility index (Phi) is 7.81. The molecule has 0 saturated heterocycles. The summed E-state index contributed by atoms with van der Waals surface area (Å²) in [5.74, 6) is 0.987. The fourth-order valence-corrected chi connectivity index (χ4v) is 4.14. The summed E-state index contributed by atoms with van der Waals surface area (Å²) >= 11 is 3.54. The van der Waals surface area contributed by atoms with Crippen molar-refractivity contribution in [3.8, 4) is 17.6 Å². The van der Waals surface area contributed by atoms with Gasteiger partial charge in [0.05, 0.1) is 11.6 Å². The fraction of sp³-hybridized carbons (Fsp3) is 0.103. The van der Waals surface area contributed by atoms with Crippen molar-refractivity contribution in [3.63, 3.8) is 0 Å². The molecule has 5 nitrogen and oxygen atoms in total. The third kappa shape index (κ3) is 6.08. The van der Waals surface area contributed by atoms with Crippen molar-refractivity contribution in [2.75, 3.05) is 7.11 Å². The van der Waals surface area contributed by atoms with Gasteiger partial charge in [-0.25, -0.2) is 0 Å². The molecule has 0 bridgehead atoms. The third-order valence-electron chi connectivity index (χ3n) is 5.51. The maximum atomic E-state index is 12.5. The fourth-order valence-electron chi connectivity index (χ4n) is 3.63. The molecule has 4 aromatic carbocycles. The van der Waals surface area contributed by atoms with Gasteiger partial charge in [0.15, 0.2) is 0 Å². The Morgan fingerprint density at radius 2 is 1.80 bits per heavy atom. The number of amides is 1. The van der Waals surface area contributed by atoms with Crippen molar-refractivity contribution in [3.05, 3.63) is 112 Å². The molecule has 0 fully saturated rings. The summed E-state index contributed by atoms with van der Waals surface area (Å²) in [6.45, 7) is 0.735. The first-order chi connectivity index (χ1) is 17.1. The summed E-state index contributed by atoms with van der Waals surface area (Å²) in [5.41, 5.74) is 2.74. The predicted octanol–water partition coefficient (Wildman–Crippen LogP) is 6.41. The van der Waals surface area contributed by atoms with E-state index in [1.165, 1.54) is 5.39 Å². The van der Waals surface area contributed by atoms with Crippen molar-refractivity contribution in [2.45, 2.75) is 13.2 Å². The lowest BCUT2D eigenvalue weighted by Gasteiger charge is -2.11. The summed E-state index contributed by atoms with van der Waals surface area (Å²) in [5, 5.41) is 14.6.